The number of fused-ring (bicyclic) bond motifs is 2. The van der Waals surface area contributed by atoms with Crippen molar-refractivity contribution in [3.05, 3.63) is 58.5 Å². The van der Waals surface area contributed by atoms with Crippen molar-refractivity contribution < 1.29 is 23.8 Å². The zero-order chi connectivity index (χ0) is 20.4. The third-order valence-electron chi connectivity index (χ3n) is 4.35. The maximum absolute atomic E-state index is 12.5. The quantitative estimate of drug-likeness (QED) is 0.658. The molecule has 1 amide bonds. The molecule has 0 aliphatic carbocycles. The number of esters is 1. The number of benzene rings is 2. The molecular formula is C20H17N3O6. The summed E-state index contributed by atoms with van der Waals surface area (Å²) in [5.74, 6) is -0.190. The normalized spacial score (nSPS) is 12.0. The molecule has 2 aromatic carbocycles. The largest absolute Gasteiger partial charge is 0.454 e. The minimum absolute atomic E-state index is 0.0158. The Labute approximate surface area is 164 Å². The fourth-order valence-corrected chi connectivity index (χ4v) is 2.97. The van der Waals surface area contributed by atoms with E-state index in [2.05, 4.69) is 10.4 Å². The lowest BCUT2D eigenvalue weighted by molar-refractivity contribution is -0.119. The first kappa shape index (κ1) is 18.5. The van der Waals surface area contributed by atoms with Gasteiger partial charge in [-0.15, -0.1) is 0 Å². The van der Waals surface area contributed by atoms with Crippen LogP contribution in [-0.4, -0.2) is 35.1 Å². The van der Waals surface area contributed by atoms with Crippen LogP contribution in [0.1, 0.15) is 17.4 Å². The van der Waals surface area contributed by atoms with E-state index in [1.54, 1.807) is 49.4 Å². The zero-order valence-corrected chi connectivity index (χ0v) is 15.5. The van der Waals surface area contributed by atoms with Crippen LogP contribution in [0.3, 0.4) is 0 Å². The molecule has 0 radical (unpaired) electrons. The van der Waals surface area contributed by atoms with Crippen molar-refractivity contribution in [2.75, 3.05) is 18.7 Å². The lowest BCUT2D eigenvalue weighted by Gasteiger charge is -2.10. The molecule has 2 heterocycles. The summed E-state index contributed by atoms with van der Waals surface area (Å²) in [5.41, 5.74) is 0.177. The monoisotopic (exact) mass is 395 g/mol. The van der Waals surface area contributed by atoms with Gasteiger partial charge in [0.05, 0.1) is 5.39 Å². The van der Waals surface area contributed by atoms with Gasteiger partial charge in [-0.25, -0.2) is 9.48 Å². The average molecular weight is 395 g/mol. The zero-order valence-electron chi connectivity index (χ0n) is 15.5. The maximum atomic E-state index is 12.5. The molecule has 3 aromatic rings. The Balaban J connectivity index is 1.48. The molecule has 4 rings (SSSR count). The lowest BCUT2D eigenvalue weighted by Crippen LogP contribution is -2.27. The third kappa shape index (κ3) is 3.62. The van der Waals surface area contributed by atoms with E-state index in [1.165, 1.54) is 4.68 Å². The lowest BCUT2D eigenvalue weighted by atomic mass is 10.1. The molecule has 1 aromatic heterocycles. The van der Waals surface area contributed by atoms with Gasteiger partial charge in [0.1, 0.15) is 0 Å². The van der Waals surface area contributed by atoms with Crippen LogP contribution in [-0.2, 0) is 16.1 Å². The summed E-state index contributed by atoms with van der Waals surface area (Å²) >= 11 is 0. The predicted molar refractivity (Wildman–Crippen MR) is 103 cm³/mol. The highest BCUT2D eigenvalue weighted by Gasteiger charge is 2.19. The first-order valence-electron chi connectivity index (χ1n) is 8.93. The Morgan fingerprint density at radius 1 is 1.14 bits per heavy atom. The van der Waals surface area contributed by atoms with Crippen LogP contribution in [0.4, 0.5) is 5.69 Å². The first-order chi connectivity index (χ1) is 14.1. The van der Waals surface area contributed by atoms with Crippen LogP contribution in [0.2, 0.25) is 0 Å². The number of carbonyl (C=O) groups is 2. The number of amides is 1. The Kier molecular flexibility index (Phi) is 4.86. The number of aryl methyl sites for hydroxylation is 1. The summed E-state index contributed by atoms with van der Waals surface area (Å²) in [5, 5.41) is 7.45. The van der Waals surface area contributed by atoms with Gasteiger partial charge in [0.15, 0.2) is 23.8 Å². The highest BCUT2D eigenvalue weighted by molar-refractivity contribution is 6.03. The minimum atomic E-state index is -0.788. The van der Waals surface area contributed by atoms with E-state index in [0.29, 0.717) is 34.5 Å². The van der Waals surface area contributed by atoms with Crippen LogP contribution < -0.4 is 20.3 Å². The second kappa shape index (κ2) is 7.63. The van der Waals surface area contributed by atoms with Gasteiger partial charge in [-0.2, -0.15) is 5.10 Å². The van der Waals surface area contributed by atoms with Gasteiger partial charge in [0.2, 0.25) is 6.79 Å². The van der Waals surface area contributed by atoms with Gasteiger partial charge < -0.3 is 19.5 Å². The Bertz CT molecular complexity index is 1170. The Morgan fingerprint density at radius 2 is 1.90 bits per heavy atom. The first-order valence-corrected chi connectivity index (χ1v) is 8.93. The Morgan fingerprint density at radius 3 is 2.69 bits per heavy atom. The van der Waals surface area contributed by atoms with E-state index in [1.807, 2.05) is 0 Å². The van der Waals surface area contributed by atoms with E-state index in [0.717, 1.165) is 0 Å². The van der Waals surface area contributed by atoms with E-state index < -0.39 is 18.5 Å². The van der Waals surface area contributed by atoms with E-state index in [-0.39, 0.29) is 18.0 Å². The van der Waals surface area contributed by atoms with Gasteiger partial charge in [-0.1, -0.05) is 18.2 Å². The number of carbonyl (C=O) groups excluding carboxylic acids is 2. The van der Waals surface area contributed by atoms with Crippen LogP contribution >= 0.6 is 0 Å². The summed E-state index contributed by atoms with van der Waals surface area (Å²) in [6, 6.07) is 11.6. The van der Waals surface area contributed by atoms with Crippen molar-refractivity contribution in [1.29, 1.82) is 0 Å². The summed E-state index contributed by atoms with van der Waals surface area (Å²) in [7, 11) is 0. The highest BCUT2D eigenvalue weighted by atomic mass is 16.7. The fraction of sp³-hybridized carbons (Fsp3) is 0.200. The fourth-order valence-electron chi connectivity index (χ4n) is 2.97. The molecule has 0 atom stereocenters. The number of nitrogens with one attached hydrogen (secondary N) is 1. The number of hydrogen-bond donors (Lipinski definition) is 1. The molecule has 1 aliphatic heterocycles. The molecule has 0 fully saturated rings. The number of nitrogens with zero attached hydrogens (tertiary/aromatic N) is 2. The molecular weight excluding hydrogens is 378 g/mol. The SMILES string of the molecule is CCn1nc(C(=O)OCC(=O)Nc2ccc3c(c2)OCO3)c2ccccc2c1=O. The smallest absolute Gasteiger partial charge is 0.359 e. The topological polar surface area (TPSA) is 109 Å². The maximum Gasteiger partial charge on any atom is 0.359 e. The van der Waals surface area contributed by atoms with Gasteiger partial charge in [-0.3, -0.25) is 9.59 Å². The molecule has 148 valence electrons. The summed E-state index contributed by atoms with van der Waals surface area (Å²) in [6.45, 7) is 1.67. The van der Waals surface area contributed by atoms with Crippen LogP contribution in [0.25, 0.3) is 10.8 Å². The number of hydrogen-bond acceptors (Lipinski definition) is 7. The van der Waals surface area contributed by atoms with Gasteiger partial charge in [0, 0.05) is 23.7 Å². The molecule has 1 N–H and O–H groups in total. The molecule has 0 bridgehead atoms. The van der Waals surface area contributed by atoms with Crippen molar-refractivity contribution >= 4 is 28.3 Å². The van der Waals surface area contributed by atoms with Crippen molar-refractivity contribution in [1.82, 2.24) is 9.78 Å². The van der Waals surface area contributed by atoms with E-state index in [4.69, 9.17) is 14.2 Å². The predicted octanol–water partition coefficient (Wildman–Crippen LogP) is 1.94. The molecule has 1 aliphatic rings. The third-order valence-corrected chi connectivity index (χ3v) is 4.35. The van der Waals surface area contributed by atoms with Gasteiger partial charge >= 0.3 is 5.97 Å². The number of rotatable bonds is 5. The molecule has 0 unspecified atom stereocenters. The molecule has 0 saturated heterocycles. The summed E-state index contributed by atoms with van der Waals surface area (Å²) < 4.78 is 16.8. The van der Waals surface area contributed by atoms with Crippen molar-refractivity contribution in [2.24, 2.45) is 0 Å². The van der Waals surface area contributed by atoms with Crippen molar-refractivity contribution in [3.8, 4) is 11.5 Å². The number of ether oxygens (including phenoxy) is 3. The van der Waals surface area contributed by atoms with Crippen LogP contribution in [0, 0.1) is 0 Å². The van der Waals surface area contributed by atoms with Crippen LogP contribution in [0.5, 0.6) is 11.5 Å². The van der Waals surface area contributed by atoms with Crippen molar-refractivity contribution in [2.45, 2.75) is 13.5 Å². The Hall–Kier alpha value is -3.88. The standard InChI is InChI=1S/C20H17N3O6/c1-2-23-19(25)14-6-4-3-5-13(14)18(22-23)20(26)27-10-17(24)21-12-7-8-15-16(9-12)29-11-28-15/h3-9H,2,10-11H2,1H3,(H,21,24). The average Bonchev–Trinajstić information content (AvgIpc) is 3.20. The number of aromatic nitrogens is 2. The van der Waals surface area contributed by atoms with Gasteiger partial charge in [-0.05, 0) is 25.1 Å². The van der Waals surface area contributed by atoms with E-state index in [9.17, 15) is 14.4 Å². The van der Waals surface area contributed by atoms with Crippen molar-refractivity contribution in [3.63, 3.8) is 0 Å². The molecule has 29 heavy (non-hydrogen) atoms. The molecule has 0 saturated carbocycles. The highest BCUT2D eigenvalue weighted by Crippen LogP contribution is 2.34. The van der Waals surface area contributed by atoms with Gasteiger partial charge in [0.25, 0.3) is 11.5 Å². The molecule has 9 nitrogen and oxygen atoms in total. The molecule has 0 spiro atoms. The van der Waals surface area contributed by atoms with E-state index >= 15 is 0 Å². The summed E-state index contributed by atoms with van der Waals surface area (Å²) in [4.78, 5) is 37.0. The second-order valence-corrected chi connectivity index (χ2v) is 6.21. The summed E-state index contributed by atoms with van der Waals surface area (Å²) in [6.07, 6.45) is 0. The number of anilines is 1. The second-order valence-electron chi connectivity index (χ2n) is 6.21. The van der Waals surface area contributed by atoms with Crippen LogP contribution in [0.15, 0.2) is 47.3 Å². The minimum Gasteiger partial charge on any atom is -0.454 e. The molecule has 9 heteroatoms.